The highest BCUT2D eigenvalue weighted by molar-refractivity contribution is 7.89. The maximum absolute atomic E-state index is 13.1. The molecule has 0 saturated carbocycles. The van der Waals surface area contributed by atoms with Crippen LogP contribution in [0.3, 0.4) is 0 Å². The molecule has 0 aliphatic heterocycles. The van der Waals surface area contributed by atoms with E-state index in [1.165, 1.54) is 0 Å². The molecular formula is C12H15FN2O3S. The van der Waals surface area contributed by atoms with Crippen LogP contribution in [0, 0.1) is 17.1 Å². The van der Waals surface area contributed by atoms with E-state index in [1.54, 1.807) is 19.9 Å². The molecule has 0 heterocycles. The van der Waals surface area contributed by atoms with Gasteiger partial charge in [0.05, 0.1) is 17.1 Å². The van der Waals surface area contributed by atoms with Gasteiger partial charge in [0, 0.05) is 12.6 Å². The molecule has 1 rings (SSSR count). The second-order valence-corrected chi connectivity index (χ2v) is 5.65. The molecule has 5 nitrogen and oxygen atoms in total. The Morgan fingerprint density at radius 1 is 1.53 bits per heavy atom. The van der Waals surface area contributed by atoms with Crippen LogP contribution in [0.4, 0.5) is 4.39 Å². The Labute approximate surface area is 112 Å². The number of benzene rings is 1. The first-order valence-electron chi connectivity index (χ1n) is 5.70. The minimum absolute atomic E-state index is 0.145. The number of halogens is 1. The van der Waals surface area contributed by atoms with Gasteiger partial charge < -0.3 is 4.74 Å². The van der Waals surface area contributed by atoms with Gasteiger partial charge in [-0.25, -0.2) is 17.5 Å². The molecule has 0 amide bonds. The van der Waals surface area contributed by atoms with Gasteiger partial charge in [-0.3, -0.25) is 0 Å². The second kappa shape index (κ2) is 6.61. The summed E-state index contributed by atoms with van der Waals surface area (Å²) < 4.78 is 44.6. The zero-order valence-corrected chi connectivity index (χ0v) is 11.5. The number of nitrogens with zero attached hydrogens (tertiary/aromatic N) is 1. The number of sulfonamides is 1. The molecule has 1 aromatic carbocycles. The first kappa shape index (κ1) is 15.6. The second-order valence-electron chi connectivity index (χ2n) is 3.94. The van der Waals surface area contributed by atoms with Crippen LogP contribution in [0.5, 0.6) is 0 Å². The molecule has 1 aromatic rings. The molecule has 0 aliphatic carbocycles. The van der Waals surface area contributed by atoms with Crippen molar-refractivity contribution in [2.45, 2.75) is 24.8 Å². The summed E-state index contributed by atoms with van der Waals surface area (Å²) in [6.45, 7) is 4.19. The van der Waals surface area contributed by atoms with Crippen LogP contribution in [-0.2, 0) is 14.8 Å². The Balaban J connectivity index is 2.92. The maximum Gasteiger partial charge on any atom is 0.240 e. The Bertz CT molecular complexity index is 581. The number of hydrogen-bond donors (Lipinski definition) is 1. The summed E-state index contributed by atoms with van der Waals surface area (Å²) in [6.07, 6.45) is 0. The summed E-state index contributed by atoms with van der Waals surface area (Å²) in [5.74, 6) is -0.746. The summed E-state index contributed by atoms with van der Waals surface area (Å²) in [5.41, 5.74) is -0.305. The van der Waals surface area contributed by atoms with Gasteiger partial charge in [-0.05, 0) is 32.0 Å². The van der Waals surface area contributed by atoms with E-state index in [0.29, 0.717) is 6.61 Å². The average Bonchev–Trinajstić information content (AvgIpc) is 2.36. The number of rotatable bonds is 6. The number of hydrogen-bond acceptors (Lipinski definition) is 4. The van der Waals surface area contributed by atoms with E-state index in [9.17, 15) is 12.8 Å². The molecule has 0 fully saturated rings. The molecule has 1 atom stereocenters. The quantitative estimate of drug-likeness (QED) is 0.857. The van der Waals surface area contributed by atoms with Crippen LogP contribution < -0.4 is 4.72 Å². The topological polar surface area (TPSA) is 79.2 Å². The van der Waals surface area contributed by atoms with Crippen LogP contribution in [0.2, 0.25) is 0 Å². The molecule has 7 heteroatoms. The number of nitriles is 1. The molecule has 0 aromatic heterocycles. The molecule has 1 N–H and O–H groups in total. The third-order valence-corrected chi connectivity index (χ3v) is 3.88. The van der Waals surface area contributed by atoms with Gasteiger partial charge in [0.1, 0.15) is 11.9 Å². The third-order valence-electron chi connectivity index (χ3n) is 2.30. The van der Waals surface area contributed by atoms with Crippen molar-refractivity contribution in [1.29, 1.82) is 5.26 Å². The largest absolute Gasteiger partial charge is 0.380 e. The molecule has 0 aliphatic rings. The first-order chi connectivity index (χ1) is 8.90. The molecule has 1 unspecified atom stereocenters. The van der Waals surface area contributed by atoms with Crippen molar-refractivity contribution in [2.75, 3.05) is 13.2 Å². The zero-order valence-electron chi connectivity index (χ0n) is 10.7. The van der Waals surface area contributed by atoms with Crippen molar-refractivity contribution in [1.82, 2.24) is 4.72 Å². The zero-order chi connectivity index (χ0) is 14.5. The summed E-state index contributed by atoms with van der Waals surface area (Å²) in [7, 11) is -3.79. The minimum Gasteiger partial charge on any atom is -0.380 e. The van der Waals surface area contributed by atoms with E-state index in [2.05, 4.69) is 4.72 Å². The van der Waals surface area contributed by atoms with E-state index >= 15 is 0 Å². The molecular weight excluding hydrogens is 271 g/mol. The first-order valence-corrected chi connectivity index (χ1v) is 7.18. The lowest BCUT2D eigenvalue weighted by Crippen LogP contribution is -2.35. The fourth-order valence-electron chi connectivity index (χ4n) is 1.42. The summed E-state index contributed by atoms with van der Waals surface area (Å²) in [4.78, 5) is -0.145. The van der Waals surface area contributed by atoms with E-state index in [4.69, 9.17) is 10.00 Å². The van der Waals surface area contributed by atoms with Crippen molar-refractivity contribution in [2.24, 2.45) is 0 Å². The average molecular weight is 286 g/mol. The summed E-state index contributed by atoms with van der Waals surface area (Å²) in [6, 6.07) is 4.27. The Morgan fingerprint density at radius 2 is 2.21 bits per heavy atom. The van der Waals surface area contributed by atoms with Gasteiger partial charge in [-0.15, -0.1) is 0 Å². The molecule has 104 valence electrons. The van der Waals surface area contributed by atoms with E-state index in [0.717, 1.165) is 18.2 Å². The lowest BCUT2D eigenvalue weighted by Gasteiger charge is -2.14. The third kappa shape index (κ3) is 4.28. The van der Waals surface area contributed by atoms with Crippen LogP contribution in [-0.4, -0.2) is 27.7 Å². The van der Waals surface area contributed by atoms with Gasteiger partial charge >= 0.3 is 0 Å². The molecule has 19 heavy (non-hydrogen) atoms. The summed E-state index contributed by atoms with van der Waals surface area (Å²) in [5, 5.41) is 8.68. The van der Waals surface area contributed by atoms with Gasteiger partial charge in [0.2, 0.25) is 10.0 Å². The highest BCUT2D eigenvalue weighted by atomic mass is 32.2. The monoisotopic (exact) mass is 286 g/mol. The molecule has 0 spiro atoms. The maximum atomic E-state index is 13.1. The fourth-order valence-corrected chi connectivity index (χ4v) is 2.67. The highest BCUT2D eigenvalue weighted by Gasteiger charge is 2.19. The Hall–Kier alpha value is -1.49. The van der Waals surface area contributed by atoms with Crippen LogP contribution in [0.25, 0.3) is 0 Å². The Kier molecular flexibility index (Phi) is 5.42. The Morgan fingerprint density at radius 3 is 2.79 bits per heavy atom. The predicted octanol–water partition coefficient (Wildman–Crippen LogP) is 1.40. The smallest absolute Gasteiger partial charge is 0.240 e. The number of nitrogens with one attached hydrogen (secondary N) is 1. The van der Waals surface area contributed by atoms with Crippen molar-refractivity contribution in [3.63, 3.8) is 0 Å². The van der Waals surface area contributed by atoms with Gasteiger partial charge in [0.15, 0.2) is 0 Å². The lowest BCUT2D eigenvalue weighted by molar-refractivity contribution is 0.133. The van der Waals surface area contributed by atoms with Crippen LogP contribution >= 0.6 is 0 Å². The van der Waals surface area contributed by atoms with Crippen molar-refractivity contribution in [3.8, 4) is 6.07 Å². The summed E-state index contributed by atoms with van der Waals surface area (Å²) >= 11 is 0. The lowest BCUT2D eigenvalue weighted by atomic mass is 10.2. The molecule has 0 radical (unpaired) electrons. The van der Waals surface area contributed by atoms with Crippen molar-refractivity contribution < 1.29 is 17.5 Å². The van der Waals surface area contributed by atoms with Gasteiger partial charge in [-0.2, -0.15) is 5.26 Å². The van der Waals surface area contributed by atoms with Crippen molar-refractivity contribution >= 4 is 10.0 Å². The number of ether oxygens (including phenoxy) is 1. The molecule has 0 saturated heterocycles. The standard InChI is InChI=1S/C12H15FN2O3S/c1-3-18-8-9(2)15-19(16,17)11-4-5-12(13)10(6-11)7-14/h4-6,9,15H,3,8H2,1-2H3. The SMILES string of the molecule is CCOCC(C)NS(=O)(=O)c1ccc(F)c(C#N)c1. The van der Waals surface area contributed by atoms with Crippen LogP contribution in [0.15, 0.2) is 23.1 Å². The van der Waals surface area contributed by atoms with E-state index in [1.807, 2.05) is 0 Å². The van der Waals surface area contributed by atoms with Crippen molar-refractivity contribution in [3.05, 3.63) is 29.6 Å². The molecule has 0 bridgehead atoms. The van der Waals surface area contributed by atoms with Gasteiger partial charge in [0.25, 0.3) is 0 Å². The predicted molar refractivity (Wildman–Crippen MR) is 67.4 cm³/mol. The van der Waals surface area contributed by atoms with Gasteiger partial charge in [-0.1, -0.05) is 0 Å². The highest BCUT2D eigenvalue weighted by Crippen LogP contribution is 2.14. The minimum atomic E-state index is -3.79. The van der Waals surface area contributed by atoms with E-state index in [-0.39, 0.29) is 17.1 Å². The normalized spacial score (nSPS) is 12.9. The fraction of sp³-hybridized carbons (Fsp3) is 0.417. The van der Waals surface area contributed by atoms with Crippen LogP contribution in [0.1, 0.15) is 19.4 Å². The van der Waals surface area contributed by atoms with E-state index < -0.39 is 21.9 Å².